The van der Waals surface area contributed by atoms with E-state index in [2.05, 4.69) is 4.98 Å². The molecule has 2 heterocycles. The number of pyridine rings is 1. The molecule has 1 aromatic carbocycles. The average Bonchev–Trinajstić information content (AvgIpc) is 2.78. The fraction of sp³-hybridized carbons (Fsp3) is 0. The van der Waals surface area contributed by atoms with Crippen LogP contribution in [0.4, 0.5) is 5.69 Å². The molecule has 84 valence electrons. The molecule has 0 atom stereocenters. The van der Waals surface area contributed by atoms with Gasteiger partial charge in [0.25, 0.3) is 0 Å². The Hall–Kier alpha value is -2.00. The molecule has 0 unspecified atom stereocenters. The number of hydrogen-bond acceptors (Lipinski definition) is 2. The minimum absolute atomic E-state index is 0.646. The number of rotatable bonds is 1. The lowest BCUT2D eigenvalue weighted by molar-refractivity contribution is 1.19. The van der Waals surface area contributed by atoms with Gasteiger partial charge in [-0.05, 0) is 12.1 Å². The predicted octanol–water partition coefficient (Wildman–Crippen LogP) is 3.24. The third-order valence-electron chi connectivity index (χ3n) is 2.70. The Labute approximate surface area is 103 Å². The summed E-state index contributed by atoms with van der Waals surface area (Å²) < 4.78 is 1.90. The van der Waals surface area contributed by atoms with Crippen molar-refractivity contribution in [2.75, 3.05) is 5.73 Å². The van der Waals surface area contributed by atoms with Crippen molar-refractivity contribution < 1.29 is 0 Å². The van der Waals surface area contributed by atoms with Gasteiger partial charge < -0.3 is 10.1 Å². The summed E-state index contributed by atoms with van der Waals surface area (Å²) in [6.07, 6.45) is 5.56. The highest BCUT2D eigenvalue weighted by Crippen LogP contribution is 2.29. The van der Waals surface area contributed by atoms with Crippen molar-refractivity contribution in [3.05, 3.63) is 53.9 Å². The molecular weight excluding hydrogens is 234 g/mol. The zero-order valence-electron chi connectivity index (χ0n) is 8.97. The summed E-state index contributed by atoms with van der Waals surface area (Å²) >= 11 is 6.17. The number of aromatic nitrogens is 2. The van der Waals surface area contributed by atoms with Crippen LogP contribution in [0.2, 0.25) is 5.02 Å². The molecule has 0 saturated heterocycles. The Bertz CT molecular complexity index is 688. The van der Waals surface area contributed by atoms with Crippen molar-refractivity contribution in [2.45, 2.75) is 0 Å². The highest BCUT2D eigenvalue weighted by molar-refractivity contribution is 6.33. The molecule has 3 aromatic rings. The standard InChI is InChI=1S/C13H10ClN3/c14-11-4-2-1-3-10(11)9-7-12(15)13-16-5-6-17(13)8-9/h1-8H,15H2. The molecule has 2 N–H and O–H groups in total. The second-order valence-corrected chi connectivity index (χ2v) is 4.23. The summed E-state index contributed by atoms with van der Waals surface area (Å²) in [7, 11) is 0. The fourth-order valence-corrected chi connectivity index (χ4v) is 2.15. The lowest BCUT2D eigenvalue weighted by Crippen LogP contribution is -1.94. The second-order valence-electron chi connectivity index (χ2n) is 3.82. The second kappa shape index (κ2) is 3.79. The quantitative estimate of drug-likeness (QED) is 0.713. The van der Waals surface area contributed by atoms with Crippen LogP contribution in [-0.2, 0) is 0 Å². The van der Waals surface area contributed by atoms with Crippen LogP contribution in [0.3, 0.4) is 0 Å². The number of benzene rings is 1. The van der Waals surface area contributed by atoms with E-state index in [0.29, 0.717) is 10.7 Å². The third kappa shape index (κ3) is 1.65. The van der Waals surface area contributed by atoms with E-state index in [0.717, 1.165) is 16.8 Å². The van der Waals surface area contributed by atoms with Gasteiger partial charge in [0.1, 0.15) is 0 Å². The summed E-state index contributed by atoms with van der Waals surface area (Å²) in [6.45, 7) is 0. The van der Waals surface area contributed by atoms with Crippen LogP contribution in [0, 0.1) is 0 Å². The summed E-state index contributed by atoms with van der Waals surface area (Å²) in [5.74, 6) is 0. The molecule has 0 saturated carbocycles. The Kier molecular flexibility index (Phi) is 2.27. The van der Waals surface area contributed by atoms with E-state index in [1.54, 1.807) is 6.20 Å². The van der Waals surface area contributed by atoms with Crippen LogP contribution in [0.25, 0.3) is 16.8 Å². The molecular formula is C13H10ClN3. The zero-order chi connectivity index (χ0) is 11.8. The summed E-state index contributed by atoms with van der Waals surface area (Å²) in [6, 6.07) is 9.59. The van der Waals surface area contributed by atoms with Crippen molar-refractivity contribution in [1.82, 2.24) is 9.38 Å². The van der Waals surface area contributed by atoms with Crippen molar-refractivity contribution in [1.29, 1.82) is 0 Å². The smallest absolute Gasteiger partial charge is 0.160 e. The maximum Gasteiger partial charge on any atom is 0.160 e. The summed E-state index contributed by atoms with van der Waals surface area (Å²) in [4.78, 5) is 4.18. The Morgan fingerprint density at radius 2 is 2.06 bits per heavy atom. The minimum atomic E-state index is 0.646. The maximum atomic E-state index is 6.17. The van der Waals surface area contributed by atoms with Crippen molar-refractivity contribution in [2.24, 2.45) is 0 Å². The van der Waals surface area contributed by atoms with Gasteiger partial charge in [-0.25, -0.2) is 4.98 Å². The summed E-state index contributed by atoms with van der Waals surface area (Å²) in [5.41, 5.74) is 9.33. The molecule has 0 aliphatic rings. The normalized spacial score (nSPS) is 10.9. The maximum absolute atomic E-state index is 6.17. The minimum Gasteiger partial charge on any atom is -0.396 e. The number of fused-ring (bicyclic) bond motifs is 1. The highest BCUT2D eigenvalue weighted by Gasteiger charge is 2.06. The van der Waals surface area contributed by atoms with Gasteiger partial charge in [-0.3, -0.25) is 0 Å². The zero-order valence-corrected chi connectivity index (χ0v) is 9.72. The lowest BCUT2D eigenvalue weighted by atomic mass is 10.1. The molecule has 0 bridgehead atoms. The van der Waals surface area contributed by atoms with Crippen molar-refractivity contribution in [3.8, 4) is 11.1 Å². The third-order valence-corrected chi connectivity index (χ3v) is 3.03. The average molecular weight is 244 g/mol. The van der Waals surface area contributed by atoms with Crippen LogP contribution in [0.1, 0.15) is 0 Å². The van der Waals surface area contributed by atoms with Crippen molar-refractivity contribution in [3.63, 3.8) is 0 Å². The first kappa shape index (κ1) is 10.2. The largest absolute Gasteiger partial charge is 0.396 e. The van der Waals surface area contributed by atoms with E-state index in [-0.39, 0.29) is 0 Å². The molecule has 0 radical (unpaired) electrons. The number of nitrogen functional groups attached to an aromatic ring is 1. The van der Waals surface area contributed by atoms with Crippen LogP contribution >= 0.6 is 11.6 Å². The number of anilines is 1. The number of imidazole rings is 1. The molecule has 3 nitrogen and oxygen atoms in total. The molecule has 0 amide bonds. The molecule has 3 rings (SSSR count). The van der Waals surface area contributed by atoms with Gasteiger partial charge in [0.2, 0.25) is 0 Å². The first-order valence-electron chi connectivity index (χ1n) is 5.23. The van der Waals surface area contributed by atoms with Crippen LogP contribution < -0.4 is 5.73 Å². The van der Waals surface area contributed by atoms with E-state index in [9.17, 15) is 0 Å². The Morgan fingerprint density at radius 1 is 1.24 bits per heavy atom. The van der Waals surface area contributed by atoms with Gasteiger partial charge in [0.15, 0.2) is 5.65 Å². The number of halogens is 1. The van der Waals surface area contributed by atoms with Gasteiger partial charge in [0.05, 0.1) is 5.69 Å². The molecule has 0 aliphatic heterocycles. The topological polar surface area (TPSA) is 43.3 Å². The van der Waals surface area contributed by atoms with Crippen LogP contribution in [-0.4, -0.2) is 9.38 Å². The predicted molar refractivity (Wildman–Crippen MR) is 70.1 cm³/mol. The number of nitrogens with zero attached hydrogens (tertiary/aromatic N) is 2. The Morgan fingerprint density at radius 3 is 2.88 bits per heavy atom. The molecule has 4 heteroatoms. The van der Waals surface area contributed by atoms with E-state index >= 15 is 0 Å². The molecule has 0 fully saturated rings. The first-order chi connectivity index (χ1) is 8.25. The van der Waals surface area contributed by atoms with Crippen molar-refractivity contribution >= 4 is 22.9 Å². The number of nitrogens with two attached hydrogens (primary N) is 1. The van der Waals surface area contributed by atoms with Gasteiger partial charge in [-0.2, -0.15) is 0 Å². The van der Waals surface area contributed by atoms with E-state index in [4.69, 9.17) is 17.3 Å². The van der Waals surface area contributed by atoms with Crippen LogP contribution in [0.5, 0.6) is 0 Å². The molecule has 17 heavy (non-hydrogen) atoms. The van der Waals surface area contributed by atoms with Gasteiger partial charge in [-0.1, -0.05) is 29.8 Å². The van der Waals surface area contributed by atoms with E-state index in [1.807, 2.05) is 47.1 Å². The number of hydrogen-bond donors (Lipinski definition) is 1. The highest BCUT2D eigenvalue weighted by atomic mass is 35.5. The van der Waals surface area contributed by atoms with Gasteiger partial charge in [-0.15, -0.1) is 0 Å². The Balaban J connectivity index is 2.28. The molecule has 0 aliphatic carbocycles. The lowest BCUT2D eigenvalue weighted by Gasteiger charge is -2.07. The molecule has 2 aromatic heterocycles. The van der Waals surface area contributed by atoms with Gasteiger partial charge in [0, 0.05) is 34.7 Å². The van der Waals surface area contributed by atoms with Gasteiger partial charge >= 0.3 is 0 Å². The van der Waals surface area contributed by atoms with E-state index in [1.165, 1.54) is 0 Å². The van der Waals surface area contributed by atoms with Crippen LogP contribution in [0.15, 0.2) is 48.9 Å². The SMILES string of the molecule is Nc1cc(-c2ccccc2Cl)cn2ccnc12. The molecule has 0 spiro atoms. The summed E-state index contributed by atoms with van der Waals surface area (Å²) in [5, 5.41) is 0.714. The first-order valence-corrected chi connectivity index (χ1v) is 5.60. The monoisotopic (exact) mass is 243 g/mol. The fourth-order valence-electron chi connectivity index (χ4n) is 1.90. The van der Waals surface area contributed by atoms with E-state index < -0.39 is 0 Å².